The van der Waals surface area contributed by atoms with E-state index in [1.807, 2.05) is 6.08 Å². The van der Waals surface area contributed by atoms with Crippen LogP contribution in [-0.2, 0) is 14.3 Å². The smallest absolute Gasteiger partial charge is 0.305 e. The van der Waals surface area contributed by atoms with E-state index in [0.717, 1.165) is 38.5 Å². The second-order valence-electron chi connectivity index (χ2n) is 25.3. The van der Waals surface area contributed by atoms with Crippen molar-refractivity contribution in [1.82, 2.24) is 5.32 Å². The molecule has 0 rings (SSSR count). The molecule has 2 atom stereocenters. The van der Waals surface area contributed by atoms with Crippen LogP contribution in [0.4, 0.5) is 0 Å². The summed E-state index contributed by atoms with van der Waals surface area (Å²) in [7, 11) is 0. The number of aliphatic hydroxyl groups excluding tert-OH is 2. The number of carbonyl (C=O) groups is 2. The molecule has 0 aliphatic heterocycles. The number of unbranched alkanes of at least 4 members (excludes halogenated alkanes) is 58. The molecular weight excluding hydrogens is 971 g/mol. The van der Waals surface area contributed by atoms with E-state index in [4.69, 9.17) is 4.74 Å². The van der Waals surface area contributed by atoms with Crippen molar-refractivity contribution in [1.29, 1.82) is 0 Å². The number of hydrogen-bond acceptors (Lipinski definition) is 5. The first-order valence-electron chi connectivity index (χ1n) is 36.5. The normalized spacial score (nSPS) is 12.5. The lowest BCUT2D eigenvalue weighted by molar-refractivity contribution is -0.143. The molecule has 0 aromatic heterocycles. The van der Waals surface area contributed by atoms with Crippen LogP contribution < -0.4 is 5.32 Å². The van der Waals surface area contributed by atoms with Crippen LogP contribution in [0.25, 0.3) is 0 Å². The van der Waals surface area contributed by atoms with Crippen LogP contribution in [0.5, 0.6) is 0 Å². The second-order valence-corrected chi connectivity index (χ2v) is 25.3. The molecule has 0 radical (unpaired) electrons. The highest BCUT2D eigenvalue weighted by Gasteiger charge is 2.18. The Morgan fingerprint density at radius 2 is 0.582 bits per heavy atom. The minimum absolute atomic E-state index is 0.0201. The topological polar surface area (TPSA) is 95.9 Å². The van der Waals surface area contributed by atoms with Crippen LogP contribution in [-0.4, -0.2) is 47.4 Å². The first-order chi connectivity index (χ1) is 39.0. The van der Waals surface area contributed by atoms with Crippen LogP contribution >= 0.6 is 0 Å². The van der Waals surface area contributed by atoms with Gasteiger partial charge in [-0.3, -0.25) is 9.59 Å². The van der Waals surface area contributed by atoms with Gasteiger partial charge in [0.05, 0.1) is 25.4 Å². The summed E-state index contributed by atoms with van der Waals surface area (Å²) in [6, 6.07) is -0.627. The zero-order valence-corrected chi connectivity index (χ0v) is 53.9. The maximum Gasteiger partial charge on any atom is 0.305 e. The number of carbonyl (C=O) groups excluding carboxylic acids is 2. The van der Waals surface area contributed by atoms with E-state index < -0.39 is 12.1 Å². The van der Waals surface area contributed by atoms with Crippen LogP contribution in [0.3, 0.4) is 0 Å². The molecule has 0 aliphatic carbocycles. The van der Waals surface area contributed by atoms with E-state index in [2.05, 4.69) is 19.2 Å². The predicted octanol–water partition coefficient (Wildman–Crippen LogP) is 23.5. The Morgan fingerprint density at radius 1 is 0.342 bits per heavy atom. The van der Waals surface area contributed by atoms with Gasteiger partial charge >= 0.3 is 5.97 Å². The lowest BCUT2D eigenvalue weighted by atomic mass is 10.0. The first kappa shape index (κ1) is 77.6. The summed E-state index contributed by atoms with van der Waals surface area (Å²) < 4.78 is 5.50. The molecule has 0 fully saturated rings. The summed E-state index contributed by atoms with van der Waals surface area (Å²) in [5.41, 5.74) is 0. The lowest BCUT2D eigenvalue weighted by Crippen LogP contribution is -2.45. The number of hydrogen-bond donors (Lipinski definition) is 3. The van der Waals surface area contributed by atoms with Gasteiger partial charge in [-0.2, -0.15) is 0 Å². The number of nitrogens with one attached hydrogen (secondary N) is 1. The number of allylic oxidation sites excluding steroid dienone is 1. The minimum Gasteiger partial charge on any atom is -0.466 e. The molecule has 0 bridgehead atoms. The van der Waals surface area contributed by atoms with Crippen molar-refractivity contribution in [3.05, 3.63) is 12.2 Å². The Kier molecular flexibility index (Phi) is 67.9. The SMILES string of the molecule is CCCCCCCCCCCCCCCCCCCCCC/C=C/C(O)C(CO)NC(=O)CCCCCCCCCCCCCCCCCCCCCCCCCCCOC(=O)CCCCCCCCCCCCCCCCC. The van der Waals surface area contributed by atoms with Crippen molar-refractivity contribution < 1.29 is 24.5 Å². The number of esters is 1. The average Bonchev–Trinajstić information content (AvgIpc) is 3.45. The van der Waals surface area contributed by atoms with Gasteiger partial charge in [-0.1, -0.05) is 386 Å². The number of aliphatic hydroxyl groups is 2. The third kappa shape index (κ3) is 65.6. The molecule has 1 amide bonds. The van der Waals surface area contributed by atoms with Crippen molar-refractivity contribution in [3.8, 4) is 0 Å². The molecule has 0 saturated carbocycles. The second kappa shape index (κ2) is 69.1. The van der Waals surface area contributed by atoms with E-state index in [0.29, 0.717) is 19.4 Å². The Hall–Kier alpha value is -1.40. The van der Waals surface area contributed by atoms with Crippen LogP contribution in [0.2, 0.25) is 0 Å². The maximum atomic E-state index is 12.5. The highest BCUT2D eigenvalue weighted by atomic mass is 16.5. The predicted molar refractivity (Wildman–Crippen MR) is 347 cm³/mol. The third-order valence-corrected chi connectivity index (χ3v) is 17.3. The van der Waals surface area contributed by atoms with Crippen molar-refractivity contribution in [2.45, 2.75) is 431 Å². The van der Waals surface area contributed by atoms with Gasteiger partial charge in [0.2, 0.25) is 5.91 Å². The summed E-state index contributed by atoms with van der Waals surface area (Å²) in [6.45, 7) is 4.96. The van der Waals surface area contributed by atoms with Crippen molar-refractivity contribution >= 4 is 11.9 Å². The summed E-state index contributed by atoms with van der Waals surface area (Å²) in [5, 5.41) is 23.3. The summed E-state index contributed by atoms with van der Waals surface area (Å²) in [4.78, 5) is 24.6. The fraction of sp³-hybridized carbons (Fsp3) is 0.945. The largest absolute Gasteiger partial charge is 0.466 e. The summed E-state index contributed by atoms with van der Waals surface area (Å²) in [6.07, 6.45) is 85.8. The highest BCUT2D eigenvalue weighted by Crippen LogP contribution is 2.19. The molecule has 2 unspecified atom stereocenters. The van der Waals surface area contributed by atoms with Gasteiger partial charge in [-0.25, -0.2) is 0 Å². The molecule has 0 aromatic rings. The fourth-order valence-corrected chi connectivity index (χ4v) is 11.8. The summed E-state index contributed by atoms with van der Waals surface area (Å²) >= 11 is 0. The molecule has 3 N–H and O–H groups in total. The molecule has 6 heteroatoms. The fourth-order valence-electron chi connectivity index (χ4n) is 11.8. The zero-order valence-electron chi connectivity index (χ0n) is 53.9. The van der Waals surface area contributed by atoms with Gasteiger partial charge in [0.15, 0.2) is 0 Å². The zero-order chi connectivity index (χ0) is 57.1. The lowest BCUT2D eigenvalue weighted by Gasteiger charge is -2.20. The van der Waals surface area contributed by atoms with Crippen LogP contribution in [0.1, 0.15) is 418 Å². The van der Waals surface area contributed by atoms with Crippen molar-refractivity contribution in [2.24, 2.45) is 0 Å². The van der Waals surface area contributed by atoms with Gasteiger partial charge in [-0.05, 0) is 32.1 Å². The van der Waals surface area contributed by atoms with Crippen LogP contribution in [0.15, 0.2) is 12.2 Å². The van der Waals surface area contributed by atoms with Gasteiger partial charge in [-0.15, -0.1) is 0 Å². The standard InChI is InChI=1S/C73H143NO5/c1-3-5-7-9-11-13-15-17-19-20-21-22-28-31-34-38-41-45-49-53-57-61-65-71(76)70(69-75)74-72(77)66-62-58-54-50-46-42-39-35-32-29-26-24-23-25-27-30-33-36-40-44-48-52-56-60-64-68-79-73(78)67-63-59-55-51-47-43-37-18-16-14-12-10-8-6-4-2/h61,65,70-71,75-76H,3-60,62-64,66-69H2,1-2H3,(H,74,77)/b65-61+. The molecule has 470 valence electrons. The molecule has 6 nitrogen and oxygen atoms in total. The van der Waals surface area contributed by atoms with Crippen LogP contribution in [0, 0.1) is 0 Å². The number of ether oxygens (including phenoxy) is 1. The monoisotopic (exact) mass is 1110 g/mol. The van der Waals surface area contributed by atoms with E-state index in [9.17, 15) is 19.8 Å². The molecule has 0 saturated heterocycles. The Balaban J connectivity index is 3.37. The molecule has 0 aromatic carbocycles. The average molecular weight is 1110 g/mol. The van der Waals surface area contributed by atoms with E-state index in [-0.39, 0.29) is 18.5 Å². The molecular formula is C73H143NO5. The molecule has 0 aliphatic rings. The Morgan fingerprint density at radius 3 is 0.861 bits per heavy atom. The van der Waals surface area contributed by atoms with E-state index in [1.165, 1.54) is 353 Å². The van der Waals surface area contributed by atoms with Crippen molar-refractivity contribution in [2.75, 3.05) is 13.2 Å². The third-order valence-electron chi connectivity index (χ3n) is 17.3. The Bertz CT molecular complexity index is 1190. The quantitative estimate of drug-likeness (QED) is 0.0320. The number of amides is 1. The minimum atomic E-state index is -0.844. The first-order valence-corrected chi connectivity index (χ1v) is 36.5. The summed E-state index contributed by atoms with van der Waals surface area (Å²) in [5.74, 6) is -0.0412. The molecule has 0 spiro atoms. The van der Waals surface area contributed by atoms with E-state index in [1.54, 1.807) is 6.08 Å². The van der Waals surface area contributed by atoms with Gasteiger partial charge in [0.1, 0.15) is 0 Å². The number of rotatable bonds is 69. The Labute approximate surface area is 495 Å². The van der Waals surface area contributed by atoms with Gasteiger partial charge < -0.3 is 20.3 Å². The molecule has 0 heterocycles. The van der Waals surface area contributed by atoms with E-state index >= 15 is 0 Å². The highest BCUT2D eigenvalue weighted by molar-refractivity contribution is 5.76. The van der Waals surface area contributed by atoms with Gasteiger partial charge in [0, 0.05) is 12.8 Å². The van der Waals surface area contributed by atoms with Gasteiger partial charge in [0.25, 0.3) is 0 Å². The van der Waals surface area contributed by atoms with Crippen molar-refractivity contribution in [3.63, 3.8) is 0 Å². The maximum absolute atomic E-state index is 12.5. The molecule has 79 heavy (non-hydrogen) atoms.